The third kappa shape index (κ3) is 2.53. The highest BCUT2D eigenvalue weighted by Crippen LogP contribution is 2.47. The SMILES string of the molecule is SCC=CCN1c2ccccc2Sc2ccccc21. The molecule has 1 nitrogen and oxygen atoms in total. The second kappa shape index (κ2) is 5.76. The van der Waals surface area contributed by atoms with E-state index >= 15 is 0 Å². The van der Waals surface area contributed by atoms with Crippen LogP contribution in [0.3, 0.4) is 0 Å². The first-order valence-electron chi connectivity index (χ1n) is 6.29. The minimum absolute atomic E-state index is 0.784. The van der Waals surface area contributed by atoms with E-state index in [4.69, 9.17) is 0 Å². The number of benzene rings is 2. The van der Waals surface area contributed by atoms with Crippen LogP contribution in [0.2, 0.25) is 0 Å². The van der Waals surface area contributed by atoms with Crippen molar-refractivity contribution in [3.05, 3.63) is 60.7 Å². The zero-order valence-corrected chi connectivity index (χ0v) is 12.2. The number of hydrogen-bond donors (Lipinski definition) is 1. The van der Waals surface area contributed by atoms with Crippen LogP contribution in [0.4, 0.5) is 11.4 Å². The molecule has 19 heavy (non-hydrogen) atoms. The quantitative estimate of drug-likeness (QED) is 0.639. The van der Waals surface area contributed by atoms with E-state index in [9.17, 15) is 0 Å². The highest BCUT2D eigenvalue weighted by Gasteiger charge is 2.21. The smallest absolute Gasteiger partial charge is 0.0555 e. The molecular formula is C16H15NS2. The second-order valence-electron chi connectivity index (χ2n) is 4.30. The van der Waals surface area contributed by atoms with E-state index in [0.29, 0.717) is 0 Å². The molecule has 96 valence electrons. The third-order valence-corrected chi connectivity index (χ3v) is 4.43. The molecule has 0 radical (unpaired) electrons. The van der Waals surface area contributed by atoms with Gasteiger partial charge in [-0.25, -0.2) is 0 Å². The number of thiol groups is 1. The van der Waals surface area contributed by atoms with Crippen LogP contribution in [0.15, 0.2) is 70.5 Å². The van der Waals surface area contributed by atoms with Crippen molar-refractivity contribution in [3.63, 3.8) is 0 Å². The van der Waals surface area contributed by atoms with Crippen molar-refractivity contribution in [2.45, 2.75) is 9.79 Å². The van der Waals surface area contributed by atoms with Crippen molar-refractivity contribution in [1.82, 2.24) is 0 Å². The predicted molar refractivity (Wildman–Crippen MR) is 87.0 cm³/mol. The van der Waals surface area contributed by atoms with Crippen LogP contribution < -0.4 is 4.90 Å². The van der Waals surface area contributed by atoms with E-state index in [2.05, 4.69) is 78.2 Å². The van der Waals surface area contributed by atoms with Crippen LogP contribution in [-0.2, 0) is 0 Å². The lowest BCUT2D eigenvalue weighted by Gasteiger charge is -2.31. The number of fused-ring (bicyclic) bond motifs is 2. The van der Waals surface area contributed by atoms with Crippen LogP contribution in [0.25, 0.3) is 0 Å². The largest absolute Gasteiger partial charge is 0.336 e. The fourth-order valence-corrected chi connectivity index (χ4v) is 3.48. The average molecular weight is 285 g/mol. The maximum atomic E-state index is 4.22. The van der Waals surface area contributed by atoms with E-state index in [0.717, 1.165) is 12.3 Å². The molecule has 0 fully saturated rings. The molecule has 0 N–H and O–H groups in total. The first-order chi connectivity index (χ1) is 9.40. The Hall–Kier alpha value is -1.32. The fourth-order valence-electron chi connectivity index (χ4n) is 2.23. The molecule has 1 heterocycles. The first-order valence-corrected chi connectivity index (χ1v) is 7.74. The molecule has 0 atom stereocenters. The summed E-state index contributed by atoms with van der Waals surface area (Å²) in [6.07, 6.45) is 4.27. The summed E-state index contributed by atoms with van der Waals surface area (Å²) in [5.41, 5.74) is 2.57. The summed E-state index contributed by atoms with van der Waals surface area (Å²) in [5.74, 6) is 0.784. The Morgan fingerprint density at radius 1 is 0.895 bits per heavy atom. The van der Waals surface area contributed by atoms with Gasteiger partial charge in [-0.05, 0) is 24.3 Å². The number of hydrogen-bond acceptors (Lipinski definition) is 3. The summed E-state index contributed by atoms with van der Waals surface area (Å²) in [7, 11) is 0. The Balaban J connectivity index is 2.03. The van der Waals surface area contributed by atoms with Crippen molar-refractivity contribution >= 4 is 35.8 Å². The van der Waals surface area contributed by atoms with Gasteiger partial charge in [0.15, 0.2) is 0 Å². The lowest BCUT2D eigenvalue weighted by molar-refractivity contribution is 1.03. The average Bonchev–Trinajstić information content (AvgIpc) is 2.46. The van der Waals surface area contributed by atoms with Crippen LogP contribution in [0, 0.1) is 0 Å². The summed E-state index contributed by atoms with van der Waals surface area (Å²) in [6, 6.07) is 17.1. The van der Waals surface area contributed by atoms with Crippen LogP contribution in [0.1, 0.15) is 0 Å². The minimum Gasteiger partial charge on any atom is -0.336 e. The van der Waals surface area contributed by atoms with Gasteiger partial charge in [-0.2, -0.15) is 12.6 Å². The Kier molecular flexibility index (Phi) is 3.85. The van der Waals surface area contributed by atoms with Crippen molar-refractivity contribution in [1.29, 1.82) is 0 Å². The van der Waals surface area contributed by atoms with Crippen LogP contribution in [-0.4, -0.2) is 12.3 Å². The topological polar surface area (TPSA) is 3.24 Å². The molecule has 2 aromatic carbocycles. The Bertz CT molecular complexity index is 562. The zero-order chi connectivity index (χ0) is 13.1. The zero-order valence-electron chi connectivity index (χ0n) is 10.5. The number of nitrogens with zero attached hydrogens (tertiary/aromatic N) is 1. The van der Waals surface area contributed by atoms with Gasteiger partial charge < -0.3 is 4.90 Å². The molecule has 3 rings (SSSR count). The van der Waals surface area contributed by atoms with Gasteiger partial charge in [0, 0.05) is 22.1 Å². The summed E-state index contributed by atoms with van der Waals surface area (Å²) < 4.78 is 0. The Morgan fingerprint density at radius 3 is 2.05 bits per heavy atom. The molecule has 0 aromatic heterocycles. The van der Waals surface area contributed by atoms with Crippen molar-refractivity contribution in [2.75, 3.05) is 17.2 Å². The van der Waals surface area contributed by atoms with Gasteiger partial charge in [0.05, 0.1) is 11.4 Å². The lowest BCUT2D eigenvalue weighted by atomic mass is 10.2. The summed E-state index contributed by atoms with van der Waals surface area (Å²) >= 11 is 6.06. The van der Waals surface area contributed by atoms with Gasteiger partial charge in [0.2, 0.25) is 0 Å². The van der Waals surface area contributed by atoms with Gasteiger partial charge >= 0.3 is 0 Å². The van der Waals surface area contributed by atoms with E-state index < -0.39 is 0 Å². The van der Waals surface area contributed by atoms with Crippen LogP contribution in [0.5, 0.6) is 0 Å². The fraction of sp³-hybridized carbons (Fsp3) is 0.125. The van der Waals surface area contributed by atoms with Gasteiger partial charge in [-0.15, -0.1) is 0 Å². The molecule has 0 saturated carbocycles. The molecule has 0 spiro atoms. The maximum Gasteiger partial charge on any atom is 0.0555 e. The number of anilines is 2. The van der Waals surface area contributed by atoms with E-state index in [-0.39, 0.29) is 0 Å². The maximum absolute atomic E-state index is 4.22. The van der Waals surface area contributed by atoms with E-state index in [1.54, 1.807) is 0 Å². The number of rotatable bonds is 3. The van der Waals surface area contributed by atoms with Gasteiger partial charge in [-0.3, -0.25) is 0 Å². The van der Waals surface area contributed by atoms with Gasteiger partial charge in [-0.1, -0.05) is 48.2 Å². The molecule has 0 bridgehead atoms. The molecule has 0 unspecified atom stereocenters. The highest BCUT2D eigenvalue weighted by molar-refractivity contribution is 7.99. The molecule has 2 aromatic rings. The summed E-state index contributed by atoms with van der Waals surface area (Å²) in [6.45, 7) is 0.884. The summed E-state index contributed by atoms with van der Waals surface area (Å²) in [4.78, 5) is 5.00. The molecule has 0 saturated heterocycles. The minimum atomic E-state index is 0.784. The Morgan fingerprint density at radius 2 is 1.47 bits per heavy atom. The molecule has 0 amide bonds. The molecule has 1 aliphatic heterocycles. The lowest BCUT2D eigenvalue weighted by Crippen LogP contribution is -2.20. The molecular weight excluding hydrogens is 270 g/mol. The van der Waals surface area contributed by atoms with Gasteiger partial charge in [0.1, 0.15) is 0 Å². The summed E-state index contributed by atoms with van der Waals surface area (Å²) in [5, 5.41) is 0. The van der Waals surface area contributed by atoms with Gasteiger partial charge in [0.25, 0.3) is 0 Å². The number of para-hydroxylation sites is 2. The Labute approximate surface area is 123 Å². The highest BCUT2D eigenvalue weighted by atomic mass is 32.2. The van der Waals surface area contributed by atoms with E-state index in [1.807, 2.05) is 11.8 Å². The standard InChI is InChI=1S/C16H15NS2/c18-12-6-5-11-17-13-7-1-3-9-15(13)19-16-10-4-2-8-14(16)17/h1-10,18H,11-12H2. The second-order valence-corrected chi connectivity index (χ2v) is 5.75. The van der Waals surface area contributed by atoms with E-state index in [1.165, 1.54) is 21.2 Å². The predicted octanol–water partition coefficient (Wildman–Crippen LogP) is 4.78. The normalized spacial score (nSPS) is 13.4. The molecule has 1 aliphatic rings. The third-order valence-electron chi connectivity index (χ3n) is 3.09. The first kappa shape index (κ1) is 12.7. The molecule has 0 aliphatic carbocycles. The van der Waals surface area contributed by atoms with Crippen molar-refractivity contribution < 1.29 is 0 Å². The van der Waals surface area contributed by atoms with Crippen molar-refractivity contribution in [3.8, 4) is 0 Å². The van der Waals surface area contributed by atoms with Crippen LogP contribution >= 0.6 is 24.4 Å². The monoisotopic (exact) mass is 285 g/mol. The van der Waals surface area contributed by atoms with Crippen molar-refractivity contribution in [2.24, 2.45) is 0 Å². The molecule has 3 heteroatoms.